The van der Waals surface area contributed by atoms with E-state index in [9.17, 15) is 4.79 Å². The molecule has 0 amide bonds. The lowest BCUT2D eigenvalue weighted by atomic mass is 10.1. The Morgan fingerprint density at radius 3 is 2.73 bits per heavy atom. The molecule has 0 radical (unpaired) electrons. The molecule has 0 N–H and O–H groups in total. The number of oxazole rings is 1. The number of benzene rings is 1. The monoisotopic (exact) mass is 388 g/mol. The highest BCUT2D eigenvalue weighted by atomic mass is 35.5. The zero-order chi connectivity index (χ0) is 18.4. The summed E-state index contributed by atoms with van der Waals surface area (Å²) >= 11 is 7.31. The summed E-state index contributed by atoms with van der Waals surface area (Å²) in [6.07, 6.45) is 2.36. The molecule has 0 saturated heterocycles. The van der Waals surface area contributed by atoms with Gasteiger partial charge in [-0.3, -0.25) is 4.79 Å². The predicted octanol–water partition coefficient (Wildman–Crippen LogP) is 5.04. The minimum Gasteiger partial charge on any atom is -0.466 e. The minimum absolute atomic E-state index is 0.233. The van der Waals surface area contributed by atoms with Gasteiger partial charge in [-0.25, -0.2) is 9.97 Å². The van der Waals surface area contributed by atoms with Crippen molar-refractivity contribution in [2.24, 2.45) is 0 Å². The third-order valence-corrected chi connectivity index (χ3v) is 4.54. The third kappa shape index (κ3) is 4.86. The topological polar surface area (TPSA) is 65.2 Å². The lowest BCUT2D eigenvalue weighted by Gasteiger charge is -2.02. The number of nitrogens with zero attached hydrogens (tertiary/aromatic N) is 2. The van der Waals surface area contributed by atoms with Gasteiger partial charge in [0.1, 0.15) is 16.5 Å². The Labute approximate surface area is 160 Å². The number of hydrogen-bond donors (Lipinski definition) is 0. The molecule has 134 valence electrons. The van der Waals surface area contributed by atoms with E-state index in [1.807, 2.05) is 30.3 Å². The van der Waals surface area contributed by atoms with E-state index < -0.39 is 0 Å². The molecule has 3 aromatic rings. The summed E-state index contributed by atoms with van der Waals surface area (Å²) in [4.78, 5) is 20.5. The van der Waals surface area contributed by atoms with Crippen molar-refractivity contribution in [3.8, 4) is 11.3 Å². The molecule has 0 bridgehead atoms. The Kier molecular flexibility index (Phi) is 6.30. The van der Waals surface area contributed by atoms with Gasteiger partial charge in [-0.05, 0) is 43.0 Å². The number of aromatic nitrogens is 2. The molecule has 0 atom stereocenters. The van der Waals surface area contributed by atoms with Crippen molar-refractivity contribution >= 4 is 29.3 Å². The predicted molar refractivity (Wildman–Crippen MR) is 100 cm³/mol. The molecular weight excluding hydrogens is 372 g/mol. The molecule has 5 nitrogen and oxygen atoms in total. The first-order chi connectivity index (χ1) is 12.7. The summed E-state index contributed by atoms with van der Waals surface area (Å²) in [7, 11) is 0. The summed E-state index contributed by atoms with van der Waals surface area (Å²) in [5.41, 5.74) is 1.58. The van der Waals surface area contributed by atoms with Gasteiger partial charge < -0.3 is 9.15 Å². The quantitative estimate of drug-likeness (QED) is 0.528. The molecule has 0 unspecified atom stereocenters. The van der Waals surface area contributed by atoms with Crippen LogP contribution in [0.15, 0.2) is 63.3 Å². The number of rotatable bonds is 7. The first-order valence-electron chi connectivity index (χ1n) is 8.16. The van der Waals surface area contributed by atoms with Crippen LogP contribution in [0.1, 0.15) is 19.1 Å². The average molecular weight is 389 g/mol. The lowest BCUT2D eigenvalue weighted by Crippen LogP contribution is -2.05. The van der Waals surface area contributed by atoms with Gasteiger partial charge in [0.25, 0.3) is 5.22 Å². The molecule has 0 spiro atoms. The van der Waals surface area contributed by atoms with Crippen LogP contribution in [-0.4, -0.2) is 22.5 Å². The molecular formula is C19H17ClN2O3S. The number of aryl methyl sites for hydroxylation is 1. The molecule has 0 aliphatic carbocycles. The van der Waals surface area contributed by atoms with Crippen molar-refractivity contribution in [3.05, 3.63) is 59.4 Å². The fourth-order valence-electron chi connectivity index (χ4n) is 2.32. The van der Waals surface area contributed by atoms with Crippen LogP contribution < -0.4 is 0 Å². The smallest absolute Gasteiger partial charge is 0.306 e. The fourth-order valence-corrected chi connectivity index (χ4v) is 3.17. The van der Waals surface area contributed by atoms with Crippen LogP contribution in [0.2, 0.25) is 5.02 Å². The van der Waals surface area contributed by atoms with E-state index in [1.165, 1.54) is 11.8 Å². The second-order valence-corrected chi connectivity index (χ2v) is 6.74. The molecule has 0 fully saturated rings. The molecule has 1 aromatic carbocycles. The van der Waals surface area contributed by atoms with E-state index >= 15 is 0 Å². The number of hydrogen-bond acceptors (Lipinski definition) is 6. The van der Waals surface area contributed by atoms with Crippen LogP contribution in [0.5, 0.6) is 0 Å². The lowest BCUT2D eigenvalue weighted by molar-refractivity contribution is -0.143. The number of carbonyl (C=O) groups excluding carboxylic acids is 1. The minimum atomic E-state index is -0.259. The van der Waals surface area contributed by atoms with E-state index in [4.69, 9.17) is 20.8 Å². The molecule has 26 heavy (non-hydrogen) atoms. The Bertz CT molecular complexity index is 866. The normalized spacial score (nSPS) is 10.7. The van der Waals surface area contributed by atoms with Gasteiger partial charge in [0.2, 0.25) is 0 Å². The number of carbonyl (C=O) groups is 1. The summed E-state index contributed by atoms with van der Waals surface area (Å²) < 4.78 is 10.9. The maximum Gasteiger partial charge on any atom is 0.306 e. The van der Waals surface area contributed by atoms with Crippen LogP contribution >= 0.6 is 23.4 Å². The zero-order valence-electron chi connectivity index (χ0n) is 14.1. The van der Waals surface area contributed by atoms with Crippen LogP contribution in [0.3, 0.4) is 0 Å². The van der Waals surface area contributed by atoms with E-state index in [1.54, 1.807) is 25.3 Å². The number of esters is 1. The van der Waals surface area contributed by atoms with E-state index in [0.717, 1.165) is 10.6 Å². The van der Waals surface area contributed by atoms with Gasteiger partial charge in [-0.2, -0.15) is 0 Å². The number of pyridine rings is 1. The molecule has 2 aromatic heterocycles. The summed E-state index contributed by atoms with van der Waals surface area (Å²) in [6, 6.07) is 13.0. The highest BCUT2D eigenvalue weighted by Crippen LogP contribution is 2.32. The third-order valence-electron chi connectivity index (χ3n) is 3.49. The Hall–Kier alpha value is -2.31. The highest BCUT2D eigenvalue weighted by molar-refractivity contribution is 7.99. The second kappa shape index (κ2) is 8.87. The molecule has 2 heterocycles. The largest absolute Gasteiger partial charge is 0.466 e. The van der Waals surface area contributed by atoms with Gasteiger partial charge in [-0.15, -0.1) is 0 Å². The van der Waals surface area contributed by atoms with Crippen LogP contribution in [-0.2, 0) is 16.0 Å². The summed E-state index contributed by atoms with van der Waals surface area (Å²) in [5.74, 6) is 0.378. The van der Waals surface area contributed by atoms with E-state index in [2.05, 4.69) is 9.97 Å². The second-order valence-electron chi connectivity index (χ2n) is 5.33. The van der Waals surface area contributed by atoms with Crippen LogP contribution in [0.25, 0.3) is 11.3 Å². The van der Waals surface area contributed by atoms with Crippen molar-refractivity contribution in [1.82, 2.24) is 9.97 Å². The Morgan fingerprint density at radius 1 is 1.23 bits per heavy atom. The standard InChI is InChI=1S/C19H17ClN2O3S/c1-2-24-17(23)11-10-15-18(13-6-8-14(20)9-7-13)22-19(25-15)26-16-5-3-4-12-21-16/h3-9,12H,2,10-11H2,1H3. The number of ether oxygens (including phenoxy) is 1. The molecule has 3 rings (SSSR count). The van der Waals surface area contributed by atoms with Gasteiger partial charge in [0.15, 0.2) is 0 Å². The summed E-state index contributed by atoms with van der Waals surface area (Å²) in [5, 5.41) is 1.91. The van der Waals surface area contributed by atoms with Crippen molar-refractivity contribution in [1.29, 1.82) is 0 Å². The van der Waals surface area contributed by atoms with Crippen molar-refractivity contribution in [3.63, 3.8) is 0 Å². The first-order valence-corrected chi connectivity index (χ1v) is 9.35. The Morgan fingerprint density at radius 2 is 2.04 bits per heavy atom. The van der Waals surface area contributed by atoms with E-state index in [-0.39, 0.29) is 12.4 Å². The van der Waals surface area contributed by atoms with Crippen molar-refractivity contribution in [2.45, 2.75) is 30.0 Å². The highest BCUT2D eigenvalue weighted by Gasteiger charge is 2.18. The molecule has 7 heteroatoms. The van der Waals surface area contributed by atoms with Gasteiger partial charge in [0.05, 0.1) is 13.0 Å². The van der Waals surface area contributed by atoms with Crippen LogP contribution in [0.4, 0.5) is 0 Å². The zero-order valence-corrected chi connectivity index (χ0v) is 15.7. The van der Waals surface area contributed by atoms with E-state index in [0.29, 0.717) is 34.7 Å². The van der Waals surface area contributed by atoms with Gasteiger partial charge in [-0.1, -0.05) is 29.8 Å². The maximum absolute atomic E-state index is 11.7. The van der Waals surface area contributed by atoms with Crippen molar-refractivity contribution < 1.29 is 13.9 Å². The van der Waals surface area contributed by atoms with Crippen molar-refractivity contribution in [2.75, 3.05) is 6.61 Å². The average Bonchev–Trinajstić information content (AvgIpc) is 3.04. The maximum atomic E-state index is 11.7. The Balaban J connectivity index is 1.86. The fraction of sp³-hybridized carbons (Fsp3) is 0.211. The SMILES string of the molecule is CCOC(=O)CCc1oc(Sc2ccccn2)nc1-c1ccc(Cl)cc1. The first kappa shape index (κ1) is 18.5. The van der Waals surface area contributed by atoms with Crippen LogP contribution in [0, 0.1) is 0 Å². The molecule has 0 aliphatic heterocycles. The number of halogens is 1. The molecule has 0 aliphatic rings. The summed E-state index contributed by atoms with van der Waals surface area (Å²) in [6.45, 7) is 2.15. The van der Waals surface area contributed by atoms with Gasteiger partial charge in [0, 0.05) is 23.2 Å². The van der Waals surface area contributed by atoms with Gasteiger partial charge >= 0.3 is 5.97 Å². The molecule has 0 saturated carbocycles.